The first kappa shape index (κ1) is 18.1. The maximum atomic E-state index is 12.6. The molecule has 0 bridgehead atoms. The van der Waals surface area contributed by atoms with Gasteiger partial charge in [-0.1, -0.05) is 0 Å². The van der Waals surface area contributed by atoms with Gasteiger partial charge in [-0.15, -0.1) is 11.3 Å². The molecule has 0 saturated heterocycles. The van der Waals surface area contributed by atoms with Crippen LogP contribution in [0.15, 0.2) is 35.3 Å². The lowest BCUT2D eigenvalue weighted by atomic mass is 10.1. The summed E-state index contributed by atoms with van der Waals surface area (Å²) in [5.41, 5.74) is 10.0. The van der Waals surface area contributed by atoms with Crippen LogP contribution in [0, 0.1) is 20.8 Å². The second kappa shape index (κ2) is 6.72. The maximum Gasteiger partial charge on any atom is 0.350 e. The number of pyridine rings is 2. The average molecular weight is 394 g/mol. The molecule has 0 aliphatic rings. The van der Waals surface area contributed by atoms with E-state index in [0.717, 1.165) is 22.2 Å². The molecule has 0 spiro atoms. The number of thiophene rings is 1. The predicted molar refractivity (Wildman–Crippen MR) is 109 cm³/mol. The van der Waals surface area contributed by atoms with Crippen LogP contribution in [0.3, 0.4) is 0 Å². The number of esters is 1. The Kier molecular flexibility index (Phi) is 4.35. The Morgan fingerprint density at radius 1 is 1.21 bits per heavy atom. The Morgan fingerprint density at radius 2 is 2.00 bits per heavy atom. The van der Waals surface area contributed by atoms with E-state index in [0.29, 0.717) is 26.7 Å². The first-order valence-corrected chi connectivity index (χ1v) is 9.47. The summed E-state index contributed by atoms with van der Waals surface area (Å²) >= 11 is 1.21. The van der Waals surface area contributed by atoms with Crippen LogP contribution in [0.4, 0.5) is 5.69 Å². The molecule has 4 heterocycles. The SMILES string of the molecule is Cc1ccn2c(=O)cc(COC(=O)c3sc4nc(C)cc(C)c4c3N)nc2c1. The molecule has 4 rings (SSSR count). The predicted octanol–water partition coefficient (Wildman–Crippen LogP) is 3.17. The van der Waals surface area contributed by atoms with Gasteiger partial charge < -0.3 is 10.5 Å². The number of nitrogens with zero attached hydrogens (tertiary/aromatic N) is 3. The highest BCUT2D eigenvalue weighted by Gasteiger charge is 2.20. The molecule has 142 valence electrons. The van der Waals surface area contributed by atoms with Gasteiger partial charge in [0.25, 0.3) is 5.56 Å². The fraction of sp³-hybridized carbons (Fsp3) is 0.200. The first-order chi connectivity index (χ1) is 13.3. The lowest BCUT2D eigenvalue weighted by Crippen LogP contribution is -2.16. The van der Waals surface area contributed by atoms with Crippen molar-refractivity contribution in [3.8, 4) is 0 Å². The van der Waals surface area contributed by atoms with Crippen LogP contribution in [0.25, 0.3) is 15.9 Å². The van der Waals surface area contributed by atoms with Crippen molar-refractivity contribution in [2.24, 2.45) is 0 Å². The zero-order valence-electron chi connectivity index (χ0n) is 15.6. The normalized spacial score (nSPS) is 11.2. The summed E-state index contributed by atoms with van der Waals surface area (Å²) in [6.45, 7) is 5.63. The van der Waals surface area contributed by atoms with Crippen LogP contribution in [-0.2, 0) is 11.3 Å². The monoisotopic (exact) mass is 394 g/mol. The number of rotatable bonds is 3. The number of nitrogens with two attached hydrogens (primary N) is 1. The number of aromatic nitrogens is 3. The summed E-state index contributed by atoms with van der Waals surface area (Å²) in [6, 6.07) is 6.92. The van der Waals surface area contributed by atoms with Gasteiger partial charge in [-0.05, 0) is 50.1 Å². The highest BCUT2D eigenvalue weighted by molar-refractivity contribution is 7.21. The van der Waals surface area contributed by atoms with Crippen molar-refractivity contribution in [3.05, 3.63) is 68.2 Å². The van der Waals surface area contributed by atoms with E-state index in [9.17, 15) is 9.59 Å². The summed E-state index contributed by atoms with van der Waals surface area (Å²) in [7, 11) is 0. The van der Waals surface area contributed by atoms with Gasteiger partial charge in [-0.2, -0.15) is 0 Å². The summed E-state index contributed by atoms with van der Waals surface area (Å²) < 4.78 is 6.83. The van der Waals surface area contributed by atoms with Gasteiger partial charge in [-0.3, -0.25) is 9.20 Å². The Morgan fingerprint density at radius 3 is 2.79 bits per heavy atom. The van der Waals surface area contributed by atoms with E-state index in [1.54, 1.807) is 12.3 Å². The number of fused-ring (bicyclic) bond motifs is 2. The Bertz CT molecular complexity index is 1310. The summed E-state index contributed by atoms with van der Waals surface area (Å²) in [5.74, 6) is -0.552. The van der Waals surface area contributed by atoms with Gasteiger partial charge in [0, 0.05) is 23.3 Å². The van der Waals surface area contributed by atoms with E-state index in [-0.39, 0.29) is 12.2 Å². The molecule has 0 radical (unpaired) electrons. The van der Waals surface area contributed by atoms with Crippen molar-refractivity contribution in [3.63, 3.8) is 0 Å². The van der Waals surface area contributed by atoms with Gasteiger partial charge in [0.1, 0.15) is 22.0 Å². The van der Waals surface area contributed by atoms with Crippen LogP contribution in [-0.4, -0.2) is 20.3 Å². The van der Waals surface area contributed by atoms with E-state index in [1.165, 1.54) is 21.8 Å². The van der Waals surface area contributed by atoms with Crippen molar-refractivity contribution < 1.29 is 9.53 Å². The molecule has 28 heavy (non-hydrogen) atoms. The van der Waals surface area contributed by atoms with Crippen molar-refractivity contribution in [1.82, 2.24) is 14.4 Å². The minimum Gasteiger partial charge on any atom is -0.455 e. The molecule has 0 fully saturated rings. The number of anilines is 1. The lowest BCUT2D eigenvalue weighted by Gasteiger charge is -2.06. The third-order valence-electron chi connectivity index (χ3n) is 4.44. The fourth-order valence-corrected chi connectivity index (χ4v) is 4.26. The Hall–Kier alpha value is -3.26. The molecular formula is C20H18N4O3S. The van der Waals surface area contributed by atoms with Gasteiger partial charge in [0.05, 0.1) is 11.4 Å². The van der Waals surface area contributed by atoms with Crippen molar-refractivity contribution in [1.29, 1.82) is 0 Å². The van der Waals surface area contributed by atoms with Gasteiger partial charge in [0.2, 0.25) is 0 Å². The third kappa shape index (κ3) is 3.11. The summed E-state index contributed by atoms with van der Waals surface area (Å²) in [5, 5.41) is 0.778. The first-order valence-electron chi connectivity index (χ1n) is 8.66. The molecule has 4 aromatic rings. The number of carbonyl (C=O) groups is 1. The molecule has 4 aromatic heterocycles. The van der Waals surface area contributed by atoms with Crippen LogP contribution in [0.5, 0.6) is 0 Å². The van der Waals surface area contributed by atoms with E-state index >= 15 is 0 Å². The number of nitrogen functional groups attached to an aromatic ring is 1. The molecule has 0 unspecified atom stereocenters. The van der Waals surface area contributed by atoms with E-state index in [4.69, 9.17) is 10.5 Å². The minimum absolute atomic E-state index is 0.113. The topological polar surface area (TPSA) is 99.6 Å². The van der Waals surface area contributed by atoms with E-state index < -0.39 is 5.97 Å². The van der Waals surface area contributed by atoms with Crippen molar-refractivity contribution in [2.75, 3.05) is 5.73 Å². The van der Waals surface area contributed by atoms with Crippen LogP contribution >= 0.6 is 11.3 Å². The highest BCUT2D eigenvalue weighted by Crippen LogP contribution is 2.35. The van der Waals surface area contributed by atoms with Crippen LogP contribution in [0.1, 0.15) is 32.2 Å². The van der Waals surface area contributed by atoms with Crippen LogP contribution in [0.2, 0.25) is 0 Å². The number of aryl methyl sites for hydroxylation is 3. The zero-order valence-corrected chi connectivity index (χ0v) is 16.5. The number of hydrogen-bond acceptors (Lipinski definition) is 7. The smallest absolute Gasteiger partial charge is 0.350 e. The molecule has 7 nitrogen and oxygen atoms in total. The second-order valence-corrected chi connectivity index (χ2v) is 7.70. The molecule has 0 aliphatic carbocycles. The minimum atomic E-state index is -0.552. The lowest BCUT2D eigenvalue weighted by molar-refractivity contribution is 0.0475. The number of ether oxygens (including phenoxy) is 1. The zero-order chi connectivity index (χ0) is 20.0. The average Bonchev–Trinajstić information content (AvgIpc) is 2.96. The van der Waals surface area contributed by atoms with Gasteiger partial charge in [0.15, 0.2) is 0 Å². The van der Waals surface area contributed by atoms with Gasteiger partial charge >= 0.3 is 5.97 Å². The Balaban J connectivity index is 1.62. The van der Waals surface area contributed by atoms with Crippen molar-refractivity contribution in [2.45, 2.75) is 27.4 Å². The van der Waals surface area contributed by atoms with E-state index in [1.807, 2.05) is 32.9 Å². The van der Waals surface area contributed by atoms with Gasteiger partial charge in [-0.25, -0.2) is 14.8 Å². The standard InChI is InChI=1S/C20H18N4O3S/c1-10-4-5-24-14(6-10)23-13(8-15(24)25)9-27-20(26)18-17(21)16-11(2)7-12(3)22-19(16)28-18/h4-8H,9,21H2,1-3H3. The molecule has 0 aromatic carbocycles. The highest BCUT2D eigenvalue weighted by atomic mass is 32.1. The largest absolute Gasteiger partial charge is 0.455 e. The number of hydrogen-bond donors (Lipinski definition) is 1. The van der Waals surface area contributed by atoms with Crippen molar-refractivity contribution >= 4 is 38.9 Å². The fourth-order valence-electron chi connectivity index (χ4n) is 3.15. The Labute approximate surface area is 164 Å². The van der Waals surface area contributed by atoms with E-state index in [2.05, 4.69) is 9.97 Å². The molecule has 0 atom stereocenters. The third-order valence-corrected chi connectivity index (χ3v) is 5.52. The molecule has 0 amide bonds. The van der Waals surface area contributed by atoms with Crippen LogP contribution < -0.4 is 11.3 Å². The summed E-state index contributed by atoms with van der Waals surface area (Å²) in [4.78, 5) is 34.7. The number of carbonyl (C=O) groups excluding carboxylic acids is 1. The second-order valence-electron chi connectivity index (χ2n) is 6.70. The molecule has 2 N–H and O–H groups in total. The molecular weight excluding hydrogens is 376 g/mol. The molecule has 0 saturated carbocycles. The quantitative estimate of drug-likeness (QED) is 0.536. The molecule has 8 heteroatoms. The molecule has 0 aliphatic heterocycles. The maximum absolute atomic E-state index is 12.6. The summed E-state index contributed by atoms with van der Waals surface area (Å²) in [6.07, 6.45) is 1.67.